The third-order valence-corrected chi connectivity index (χ3v) is 7.42. The van der Waals surface area contributed by atoms with Gasteiger partial charge in [0, 0.05) is 29.9 Å². The van der Waals surface area contributed by atoms with Crippen LogP contribution >= 0.6 is 0 Å². The van der Waals surface area contributed by atoms with E-state index in [9.17, 15) is 22.4 Å². The molecular formula is C26H27FN2O5S. The zero-order chi connectivity index (χ0) is 25.6. The molecule has 0 aromatic heterocycles. The molecule has 0 saturated carbocycles. The molecule has 0 spiro atoms. The number of hydrogen-bond donors (Lipinski definition) is 1. The normalized spacial score (nSPS) is 11.3. The maximum Gasteiger partial charge on any atom is 0.256 e. The number of hydrogen-bond acceptors (Lipinski definition) is 5. The van der Waals surface area contributed by atoms with Gasteiger partial charge in [-0.15, -0.1) is 0 Å². The van der Waals surface area contributed by atoms with Gasteiger partial charge in [0.25, 0.3) is 5.91 Å². The highest BCUT2D eigenvalue weighted by Gasteiger charge is 2.27. The molecule has 0 bridgehead atoms. The molecule has 0 aliphatic rings. The minimum absolute atomic E-state index is 0.0588. The fourth-order valence-corrected chi connectivity index (χ4v) is 5.21. The zero-order valence-corrected chi connectivity index (χ0v) is 20.6. The Balaban J connectivity index is 1.96. The predicted octanol–water partition coefficient (Wildman–Crippen LogP) is 4.74. The summed E-state index contributed by atoms with van der Waals surface area (Å²) in [4.78, 5) is 26.0. The van der Waals surface area contributed by atoms with Crippen molar-refractivity contribution in [2.45, 2.75) is 25.7 Å². The van der Waals surface area contributed by atoms with Crippen LogP contribution in [0.15, 0.2) is 71.6 Å². The molecular weight excluding hydrogens is 471 g/mol. The third-order valence-electron chi connectivity index (χ3n) is 5.35. The van der Waals surface area contributed by atoms with Crippen molar-refractivity contribution >= 4 is 27.4 Å². The molecule has 1 amide bonds. The first-order valence-corrected chi connectivity index (χ1v) is 12.6. The molecule has 184 valence electrons. The monoisotopic (exact) mass is 498 g/mol. The summed E-state index contributed by atoms with van der Waals surface area (Å²) in [6.45, 7) is 6.05. The van der Waals surface area contributed by atoms with Gasteiger partial charge in [-0.05, 0) is 55.5 Å². The number of sulfonamides is 1. The first-order chi connectivity index (χ1) is 16.7. The van der Waals surface area contributed by atoms with Gasteiger partial charge in [0.2, 0.25) is 10.0 Å². The van der Waals surface area contributed by atoms with Crippen LogP contribution in [0.5, 0.6) is 5.75 Å². The van der Waals surface area contributed by atoms with Gasteiger partial charge in [0.1, 0.15) is 16.5 Å². The van der Waals surface area contributed by atoms with Gasteiger partial charge in [0.05, 0.1) is 12.2 Å². The molecule has 3 aromatic carbocycles. The van der Waals surface area contributed by atoms with E-state index < -0.39 is 27.5 Å². The fraction of sp³-hybridized carbons (Fsp3) is 0.231. The van der Waals surface area contributed by atoms with Crippen molar-refractivity contribution in [3.63, 3.8) is 0 Å². The van der Waals surface area contributed by atoms with Crippen LogP contribution < -0.4 is 10.1 Å². The van der Waals surface area contributed by atoms with E-state index in [1.54, 1.807) is 32.9 Å². The second kappa shape index (κ2) is 11.2. The average molecular weight is 499 g/mol. The lowest BCUT2D eigenvalue weighted by Crippen LogP contribution is -2.31. The second-order valence-electron chi connectivity index (χ2n) is 7.52. The Hall–Kier alpha value is -3.56. The van der Waals surface area contributed by atoms with Gasteiger partial charge in [-0.3, -0.25) is 9.59 Å². The van der Waals surface area contributed by atoms with E-state index in [0.29, 0.717) is 0 Å². The van der Waals surface area contributed by atoms with Crippen LogP contribution in [0.4, 0.5) is 10.1 Å². The molecule has 3 rings (SSSR count). The quantitative estimate of drug-likeness (QED) is 0.408. The molecule has 3 aromatic rings. The molecule has 0 unspecified atom stereocenters. The minimum atomic E-state index is -3.87. The number of carbonyl (C=O) groups excluding carboxylic acids is 2. The second-order valence-corrected chi connectivity index (χ2v) is 9.43. The predicted molar refractivity (Wildman–Crippen MR) is 132 cm³/mol. The van der Waals surface area contributed by atoms with E-state index >= 15 is 0 Å². The van der Waals surface area contributed by atoms with Crippen LogP contribution in [0, 0.1) is 5.82 Å². The lowest BCUT2D eigenvalue weighted by atomic mass is 9.98. The van der Waals surface area contributed by atoms with E-state index in [4.69, 9.17) is 4.74 Å². The van der Waals surface area contributed by atoms with Crippen molar-refractivity contribution < 1.29 is 27.1 Å². The number of rotatable bonds is 10. The van der Waals surface area contributed by atoms with Crippen LogP contribution in [-0.4, -0.2) is 44.1 Å². The van der Waals surface area contributed by atoms with Gasteiger partial charge in [-0.2, -0.15) is 4.31 Å². The van der Waals surface area contributed by atoms with Crippen LogP contribution in [0.1, 0.15) is 47.1 Å². The average Bonchev–Trinajstić information content (AvgIpc) is 2.85. The maximum absolute atomic E-state index is 13.3. The van der Waals surface area contributed by atoms with Crippen LogP contribution in [-0.2, 0) is 10.0 Å². The summed E-state index contributed by atoms with van der Waals surface area (Å²) in [6, 6.07) is 15.7. The Morgan fingerprint density at radius 2 is 1.54 bits per heavy atom. The van der Waals surface area contributed by atoms with E-state index in [1.165, 1.54) is 58.9 Å². The summed E-state index contributed by atoms with van der Waals surface area (Å²) in [5.41, 5.74) is 0.705. The van der Waals surface area contributed by atoms with Gasteiger partial charge in [0.15, 0.2) is 5.78 Å². The molecule has 0 fully saturated rings. The maximum atomic E-state index is 13.3. The first-order valence-electron chi connectivity index (χ1n) is 11.2. The van der Waals surface area contributed by atoms with Gasteiger partial charge in [-0.25, -0.2) is 12.8 Å². The van der Waals surface area contributed by atoms with Crippen molar-refractivity contribution in [1.29, 1.82) is 0 Å². The Bertz CT molecular complexity index is 1320. The number of nitrogens with one attached hydrogen (secondary N) is 1. The third kappa shape index (κ3) is 5.75. The molecule has 9 heteroatoms. The van der Waals surface area contributed by atoms with Crippen molar-refractivity contribution in [3.8, 4) is 5.75 Å². The first kappa shape index (κ1) is 26.1. The van der Waals surface area contributed by atoms with Crippen LogP contribution in [0.2, 0.25) is 0 Å². The molecule has 7 nitrogen and oxygen atoms in total. The number of ketones is 1. The highest BCUT2D eigenvalue weighted by Crippen LogP contribution is 2.30. The van der Waals surface area contributed by atoms with Crippen molar-refractivity contribution in [1.82, 2.24) is 4.31 Å². The number of benzene rings is 3. The van der Waals surface area contributed by atoms with Crippen molar-refractivity contribution in [2.75, 3.05) is 25.0 Å². The number of amides is 1. The highest BCUT2D eigenvalue weighted by molar-refractivity contribution is 7.89. The van der Waals surface area contributed by atoms with Crippen LogP contribution in [0.25, 0.3) is 0 Å². The minimum Gasteiger partial charge on any atom is -0.492 e. The summed E-state index contributed by atoms with van der Waals surface area (Å²) in [5.74, 6) is -1.32. The van der Waals surface area contributed by atoms with E-state index in [-0.39, 0.29) is 52.7 Å². The Morgan fingerprint density at radius 3 is 2.14 bits per heavy atom. The summed E-state index contributed by atoms with van der Waals surface area (Å²) in [5, 5.41) is 2.68. The van der Waals surface area contributed by atoms with Crippen molar-refractivity contribution in [2.24, 2.45) is 0 Å². The largest absolute Gasteiger partial charge is 0.492 e. The number of ether oxygens (including phenoxy) is 1. The molecule has 0 heterocycles. The lowest BCUT2D eigenvalue weighted by Gasteiger charge is -2.21. The number of halogens is 1. The molecule has 0 saturated heterocycles. The van der Waals surface area contributed by atoms with Crippen LogP contribution in [0.3, 0.4) is 0 Å². The molecule has 0 aliphatic carbocycles. The lowest BCUT2D eigenvalue weighted by molar-refractivity contribution is 0.0996. The highest BCUT2D eigenvalue weighted by atomic mass is 32.2. The zero-order valence-electron chi connectivity index (χ0n) is 19.7. The molecule has 1 N–H and O–H groups in total. The standard InChI is InChI=1S/C26H27FN2O5S/c1-4-29(5-2)35(32,33)24-17-20(15-16-23(24)34-6-3)28-26(31)22-10-8-7-9-21(22)25(30)18-11-13-19(27)14-12-18/h7-17H,4-6H2,1-3H3,(H,28,31). The van der Waals surface area contributed by atoms with E-state index in [1.807, 2.05) is 0 Å². The summed E-state index contributed by atoms with van der Waals surface area (Å²) >= 11 is 0. The Kier molecular flexibility index (Phi) is 8.37. The van der Waals surface area contributed by atoms with E-state index in [2.05, 4.69) is 5.32 Å². The SMILES string of the molecule is CCOc1ccc(NC(=O)c2ccccc2C(=O)c2ccc(F)cc2)cc1S(=O)(=O)N(CC)CC. The topological polar surface area (TPSA) is 92.8 Å². The number of carbonyl (C=O) groups is 2. The summed E-state index contributed by atoms with van der Waals surface area (Å²) in [6.07, 6.45) is 0. The van der Waals surface area contributed by atoms with E-state index in [0.717, 1.165) is 0 Å². The van der Waals surface area contributed by atoms with Gasteiger partial charge >= 0.3 is 0 Å². The summed E-state index contributed by atoms with van der Waals surface area (Å²) in [7, 11) is -3.87. The van der Waals surface area contributed by atoms with Crippen molar-refractivity contribution in [3.05, 3.63) is 89.2 Å². The Morgan fingerprint density at radius 1 is 0.914 bits per heavy atom. The molecule has 0 atom stereocenters. The Labute approximate surface area is 204 Å². The smallest absolute Gasteiger partial charge is 0.256 e. The van der Waals surface area contributed by atoms with Gasteiger partial charge < -0.3 is 10.1 Å². The number of anilines is 1. The molecule has 0 aliphatic heterocycles. The van der Waals surface area contributed by atoms with Gasteiger partial charge in [-0.1, -0.05) is 32.0 Å². The fourth-order valence-electron chi connectivity index (χ4n) is 3.60. The summed E-state index contributed by atoms with van der Waals surface area (Å²) < 4.78 is 46.5. The number of nitrogens with zero attached hydrogens (tertiary/aromatic N) is 1. The molecule has 0 radical (unpaired) electrons. The molecule has 35 heavy (non-hydrogen) atoms.